The van der Waals surface area contributed by atoms with Crippen molar-refractivity contribution in [3.63, 3.8) is 0 Å². The Hall–Kier alpha value is -0.400. The molecule has 0 N–H and O–H groups in total. The lowest BCUT2D eigenvalue weighted by Gasteiger charge is -2.19. The Morgan fingerprint density at radius 3 is 2.64 bits per heavy atom. The molecule has 14 heavy (non-hydrogen) atoms. The lowest BCUT2D eigenvalue weighted by molar-refractivity contribution is 0.565. The van der Waals surface area contributed by atoms with Gasteiger partial charge in [-0.05, 0) is 51.3 Å². The van der Waals surface area contributed by atoms with Crippen molar-refractivity contribution in [2.45, 2.75) is 25.7 Å². The summed E-state index contributed by atoms with van der Waals surface area (Å²) in [6.45, 7) is 3.88. The Bertz CT molecular complexity index is 384. The van der Waals surface area contributed by atoms with Crippen LogP contribution in [0.25, 0.3) is 0 Å². The fourth-order valence-corrected chi connectivity index (χ4v) is 2.55. The summed E-state index contributed by atoms with van der Waals surface area (Å²) in [6.07, 6.45) is 2.46. The van der Waals surface area contributed by atoms with E-state index in [-0.39, 0.29) is 0 Å². The Labute approximate surface area is 101 Å². The number of halogens is 2. The summed E-state index contributed by atoms with van der Waals surface area (Å²) >= 11 is 6.75. The summed E-state index contributed by atoms with van der Waals surface area (Å²) in [5.41, 5.74) is 0.283. The molecule has 0 saturated carbocycles. The van der Waals surface area contributed by atoms with Crippen molar-refractivity contribution in [2.24, 2.45) is 0 Å². The molecule has 0 radical (unpaired) electrons. The predicted octanol–water partition coefficient (Wildman–Crippen LogP) is 3.80. The normalized spacial score (nSPS) is 14.5. The zero-order chi connectivity index (χ0) is 10.8. The quantitative estimate of drug-likeness (QED) is 0.832. The van der Waals surface area contributed by atoms with Crippen molar-refractivity contribution in [3.05, 3.63) is 26.9 Å². The second-order valence-corrected chi connectivity index (χ2v) is 5.05. The molecule has 1 aromatic heterocycles. The summed E-state index contributed by atoms with van der Waals surface area (Å²) in [7, 11) is 0. The molecule has 74 valence electrons. The third kappa shape index (κ3) is 2.15. The molecule has 0 spiro atoms. The van der Waals surface area contributed by atoms with Crippen molar-refractivity contribution in [2.75, 3.05) is 0 Å². The van der Waals surface area contributed by atoms with Crippen LogP contribution >= 0.6 is 31.9 Å². The molecule has 0 aromatic carbocycles. The average Bonchev–Trinajstić information content (AvgIpc) is 2.17. The molecule has 1 unspecified atom stereocenters. The highest BCUT2D eigenvalue weighted by Gasteiger charge is 2.28. The number of nitrogens with zero attached hydrogens (tertiary/aromatic N) is 2. The molecule has 1 rings (SSSR count). The maximum atomic E-state index is 9.11. The van der Waals surface area contributed by atoms with Gasteiger partial charge in [0.2, 0.25) is 0 Å². The van der Waals surface area contributed by atoms with Gasteiger partial charge in [-0.2, -0.15) is 5.26 Å². The van der Waals surface area contributed by atoms with Crippen molar-refractivity contribution < 1.29 is 0 Å². The van der Waals surface area contributed by atoms with Crippen LogP contribution in [0, 0.1) is 11.3 Å². The van der Waals surface area contributed by atoms with Gasteiger partial charge >= 0.3 is 0 Å². The molecule has 0 aliphatic rings. The van der Waals surface area contributed by atoms with Gasteiger partial charge in [0.05, 0.1) is 17.2 Å². The summed E-state index contributed by atoms with van der Waals surface area (Å²) in [4.78, 5) is 4.28. The van der Waals surface area contributed by atoms with Crippen LogP contribution in [-0.4, -0.2) is 4.98 Å². The number of aromatic nitrogens is 1. The van der Waals surface area contributed by atoms with Crippen molar-refractivity contribution >= 4 is 31.9 Å². The Morgan fingerprint density at radius 2 is 2.21 bits per heavy atom. The zero-order valence-electron chi connectivity index (χ0n) is 8.01. The molecule has 4 heteroatoms. The first-order chi connectivity index (χ1) is 6.53. The lowest BCUT2D eigenvalue weighted by Crippen LogP contribution is -2.20. The monoisotopic (exact) mass is 316 g/mol. The Kier molecular flexibility index (Phi) is 3.68. The standard InChI is InChI=1S/C10H10Br2N2/c1-3-10(2,6-13)9-8(12)4-7(11)5-14-9/h4-5H,3H2,1-2H3. The van der Waals surface area contributed by atoms with E-state index >= 15 is 0 Å². The summed E-state index contributed by atoms with van der Waals surface area (Å²) in [6, 6.07) is 4.21. The molecule has 0 aliphatic carbocycles. The van der Waals surface area contributed by atoms with Crippen LogP contribution in [0.5, 0.6) is 0 Å². The number of nitriles is 1. The van der Waals surface area contributed by atoms with Crippen LogP contribution in [0.1, 0.15) is 26.0 Å². The second-order valence-electron chi connectivity index (χ2n) is 3.28. The fourth-order valence-electron chi connectivity index (χ4n) is 1.12. The topological polar surface area (TPSA) is 36.7 Å². The number of rotatable bonds is 2. The molecule has 0 amide bonds. The molecule has 0 fully saturated rings. The van der Waals surface area contributed by atoms with Gasteiger partial charge in [0.1, 0.15) is 0 Å². The fraction of sp³-hybridized carbons (Fsp3) is 0.400. The van der Waals surface area contributed by atoms with E-state index in [1.165, 1.54) is 0 Å². The van der Waals surface area contributed by atoms with Gasteiger partial charge in [0.25, 0.3) is 0 Å². The molecule has 1 aromatic rings. The van der Waals surface area contributed by atoms with Crippen LogP contribution in [0.4, 0.5) is 0 Å². The Morgan fingerprint density at radius 1 is 1.57 bits per heavy atom. The molecular formula is C10H10Br2N2. The first-order valence-corrected chi connectivity index (χ1v) is 5.85. The van der Waals surface area contributed by atoms with E-state index in [9.17, 15) is 0 Å². The molecule has 0 bridgehead atoms. The van der Waals surface area contributed by atoms with E-state index < -0.39 is 5.41 Å². The van der Waals surface area contributed by atoms with Crippen LogP contribution in [0.15, 0.2) is 21.2 Å². The Balaban J connectivity index is 3.26. The SMILES string of the molecule is CCC(C)(C#N)c1ncc(Br)cc1Br. The van der Waals surface area contributed by atoms with Crippen molar-refractivity contribution in [3.8, 4) is 6.07 Å². The van der Waals surface area contributed by atoms with E-state index in [0.717, 1.165) is 21.1 Å². The van der Waals surface area contributed by atoms with E-state index in [0.29, 0.717) is 0 Å². The lowest BCUT2D eigenvalue weighted by atomic mass is 9.85. The van der Waals surface area contributed by atoms with Gasteiger partial charge in [-0.3, -0.25) is 4.98 Å². The van der Waals surface area contributed by atoms with Crippen molar-refractivity contribution in [1.29, 1.82) is 5.26 Å². The first-order valence-electron chi connectivity index (χ1n) is 4.26. The van der Waals surface area contributed by atoms with E-state index in [2.05, 4.69) is 42.9 Å². The highest BCUT2D eigenvalue weighted by atomic mass is 79.9. The summed E-state index contributed by atoms with van der Waals surface area (Å²) in [5, 5.41) is 9.11. The minimum absolute atomic E-state index is 0.514. The third-order valence-corrected chi connectivity index (χ3v) is 3.32. The molecule has 1 atom stereocenters. The zero-order valence-corrected chi connectivity index (χ0v) is 11.2. The van der Waals surface area contributed by atoms with Gasteiger partial charge in [0, 0.05) is 15.1 Å². The molecule has 0 aliphatic heterocycles. The summed E-state index contributed by atoms with van der Waals surface area (Å²) in [5.74, 6) is 0. The van der Waals surface area contributed by atoms with Gasteiger partial charge in [0.15, 0.2) is 0 Å². The summed E-state index contributed by atoms with van der Waals surface area (Å²) < 4.78 is 1.78. The van der Waals surface area contributed by atoms with Crippen LogP contribution in [0.2, 0.25) is 0 Å². The van der Waals surface area contributed by atoms with Crippen LogP contribution in [0.3, 0.4) is 0 Å². The van der Waals surface area contributed by atoms with Gasteiger partial charge in [-0.25, -0.2) is 0 Å². The third-order valence-electron chi connectivity index (χ3n) is 2.28. The van der Waals surface area contributed by atoms with Gasteiger partial charge < -0.3 is 0 Å². The van der Waals surface area contributed by atoms with Gasteiger partial charge in [-0.1, -0.05) is 6.92 Å². The molecular weight excluding hydrogens is 308 g/mol. The number of hydrogen-bond donors (Lipinski definition) is 0. The molecule has 2 nitrogen and oxygen atoms in total. The van der Waals surface area contributed by atoms with E-state index in [1.807, 2.05) is 19.9 Å². The first kappa shape index (κ1) is 11.7. The number of hydrogen-bond acceptors (Lipinski definition) is 2. The maximum Gasteiger partial charge on any atom is 0.0973 e. The second kappa shape index (κ2) is 4.41. The predicted molar refractivity (Wildman–Crippen MR) is 62.9 cm³/mol. The highest BCUT2D eigenvalue weighted by molar-refractivity contribution is 9.11. The number of pyridine rings is 1. The van der Waals surface area contributed by atoms with Gasteiger partial charge in [-0.15, -0.1) is 0 Å². The largest absolute Gasteiger partial charge is 0.257 e. The molecule has 0 saturated heterocycles. The minimum Gasteiger partial charge on any atom is -0.257 e. The minimum atomic E-state index is -0.514. The average molecular weight is 318 g/mol. The van der Waals surface area contributed by atoms with E-state index in [4.69, 9.17) is 5.26 Å². The smallest absolute Gasteiger partial charge is 0.0973 e. The van der Waals surface area contributed by atoms with Crippen LogP contribution in [-0.2, 0) is 5.41 Å². The van der Waals surface area contributed by atoms with E-state index in [1.54, 1.807) is 6.20 Å². The highest BCUT2D eigenvalue weighted by Crippen LogP contribution is 2.32. The molecule has 1 heterocycles. The maximum absolute atomic E-state index is 9.11. The van der Waals surface area contributed by atoms with Crippen LogP contribution < -0.4 is 0 Å². The van der Waals surface area contributed by atoms with Crippen molar-refractivity contribution in [1.82, 2.24) is 4.98 Å².